The first-order valence-corrected chi connectivity index (χ1v) is 22.7. The minimum absolute atomic E-state index is 0.0322. The zero-order valence-electron chi connectivity index (χ0n) is 33.7. The number of esters is 1. The molecule has 7 rings (SSSR count). The SMILES string of the molecule is COc1ccc([Si](C)(C)[C@@H]2[C@@H](CC(=O)N(CCO)Cc3ccccc3)O[C@]3(C(=O)N(Cc4cccc(N5C(=O)CC5OC(C)=O)c4)c4ccc([N+](=O)[O-])cc43)[C@H]2C)cc1. The van der Waals surface area contributed by atoms with E-state index in [4.69, 9.17) is 14.2 Å². The van der Waals surface area contributed by atoms with Crippen LogP contribution in [0.1, 0.15) is 43.4 Å². The number of methoxy groups -OCH3 is 1. The minimum atomic E-state index is -2.70. The molecule has 1 N–H and O–H groups in total. The molecule has 14 nitrogen and oxygen atoms in total. The van der Waals surface area contributed by atoms with Crippen molar-refractivity contribution in [3.05, 3.63) is 124 Å². The van der Waals surface area contributed by atoms with Gasteiger partial charge in [0.1, 0.15) is 5.75 Å². The molecule has 3 aliphatic rings. The normalized spacial score (nSPS) is 22.3. The zero-order chi connectivity index (χ0) is 42.2. The second-order valence-electron chi connectivity index (χ2n) is 15.9. The summed E-state index contributed by atoms with van der Waals surface area (Å²) in [7, 11) is -1.10. The maximum atomic E-state index is 15.4. The molecule has 1 unspecified atom stereocenters. The van der Waals surface area contributed by atoms with Crippen molar-refractivity contribution >= 4 is 54.0 Å². The smallest absolute Gasteiger partial charge is 0.304 e. The van der Waals surface area contributed by atoms with E-state index < -0.39 is 48.7 Å². The summed E-state index contributed by atoms with van der Waals surface area (Å²) in [5, 5.41) is 23.4. The lowest BCUT2D eigenvalue weighted by Crippen LogP contribution is -2.54. The number of rotatable bonds is 14. The number of hydrogen-bond acceptors (Lipinski definition) is 10. The first-order chi connectivity index (χ1) is 28.2. The van der Waals surface area contributed by atoms with Gasteiger partial charge in [0.15, 0.2) is 11.8 Å². The van der Waals surface area contributed by atoms with E-state index in [0.29, 0.717) is 28.3 Å². The second-order valence-corrected chi connectivity index (χ2v) is 20.6. The van der Waals surface area contributed by atoms with E-state index in [2.05, 4.69) is 13.1 Å². The van der Waals surface area contributed by atoms with E-state index >= 15 is 4.79 Å². The molecular formula is C44H48N4O10Si. The van der Waals surface area contributed by atoms with Gasteiger partial charge in [-0.25, -0.2) is 0 Å². The van der Waals surface area contributed by atoms with E-state index in [-0.39, 0.29) is 62.1 Å². The van der Waals surface area contributed by atoms with E-state index in [1.54, 1.807) is 41.2 Å². The van der Waals surface area contributed by atoms with Crippen molar-refractivity contribution < 1.29 is 43.4 Å². The summed E-state index contributed by atoms with van der Waals surface area (Å²) >= 11 is 0. The zero-order valence-corrected chi connectivity index (χ0v) is 34.7. The predicted octanol–water partition coefficient (Wildman–Crippen LogP) is 5.40. The molecule has 3 aliphatic heterocycles. The van der Waals surface area contributed by atoms with Gasteiger partial charge >= 0.3 is 5.97 Å². The van der Waals surface area contributed by atoms with Gasteiger partial charge in [0.25, 0.3) is 11.6 Å². The van der Waals surface area contributed by atoms with E-state index in [0.717, 1.165) is 10.8 Å². The van der Waals surface area contributed by atoms with Crippen LogP contribution in [-0.4, -0.2) is 79.3 Å². The molecular weight excluding hydrogens is 773 g/mol. The number of carbonyl (C=O) groups excluding carboxylic acids is 4. The van der Waals surface area contributed by atoms with Crippen molar-refractivity contribution in [2.75, 3.05) is 30.1 Å². The second kappa shape index (κ2) is 16.4. The van der Waals surface area contributed by atoms with Gasteiger partial charge in [-0.1, -0.05) is 79.8 Å². The lowest BCUT2D eigenvalue weighted by atomic mass is 9.82. The van der Waals surface area contributed by atoms with Crippen molar-refractivity contribution in [3.63, 3.8) is 0 Å². The number of aliphatic hydroxyl groups excluding tert-OH is 1. The molecule has 3 amide bonds. The fourth-order valence-electron chi connectivity index (χ4n) is 9.26. The summed E-state index contributed by atoms with van der Waals surface area (Å²) in [5.41, 5.74) is 0.588. The highest BCUT2D eigenvalue weighted by atomic mass is 28.3. The van der Waals surface area contributed by atoms with Gasteiger partial charge in [-0.2, -0.15) is 0 Å². The molecule has 4 aromatic carbocycles. The highest BCUT2D eigenvalue weighted by molar-refractivity contribution is 6.91. The Bertz CT molecular complexity index is 2270. The molecule has 0 aliphatic carbocycles. The average molecular weight is 821 g/mol. The van der Waals surface area contributed by atoms with Gasteiger partial charge < -0.3 is 29.1 Å². The molecule has 0 radical (unpaired) electrons. The molecule has 2 saturated heterocycles. The Labute approximate surface area is 343 Å². The number of hydrogen-bond donors (Lipinski definition) is 1. The molecule has 2 fully saturated rings. The Morgan fingerprint density at radius 1 is 1.00 bits per heavy atom. The number of benzene rings is 4. The number of nitro groups is 1. The molecule has 3 heterocycles. The number of aliphatic hydroxyl groups is 1. The Morgan fingerprint density at radius 3 is 2.36 bits per heavy atom. The number of fused-ring (bicyclic) bond motifs is 2. The number of nitrogens with zero attached hydrogens (tertiary/aromatic N) is 4. The Kier molecular flexibility index (Phi) is 11.5. The largest absolute Gasteiger partial charge is 0.497 e. The Morgan fingerprint density at radius 2 is 1.71 bits per heavy atom. The number of amides is 3. The van der Waals surface area contributed by atoms with Crippen LogP contribution < -0.4 is 19.7 Å². The third-order valence-electron chi connectivity index (χ3n) is 12.1. The van der Waals surface area contributed by atoms with Crippen LogP contribution >= 0.6 is 0 Å². The third-order valence-corrected chi connectivity index (χ3v) is 16.4. The lowest BCUT2D eigenvalue weighted by Gasteiger charge is -2.39. The van der Waals surface area contributed by atoms with Crippen molar-refractivity contribution in [1.29, 1.82) is 0 Å². The molecule has 1 spiro atoms. The van der Waals surface area contributed by atoms with E-state index in [1.807, 2.05) is 67.6 Å². The number of nitro benzene ring substituents is 1. The van der Waals surface area contributed by atoms with Crippen molar-refractivity contribution in [2.24, 2.45) is 5.92 Å². The van der Waals surface area contributed by atoms with Gasteiger partial charge in [-0.15, -0.1) is 0 Å². The van der Waals surface area contributed by atoms with Gasteiger partial charge in [-0.3, -0.25) is 34.2 Å². The number of non-ortho nitro benzene ring substituents is 1. The summed E-state index contributed by atoms with van der Waals surface area (Å²) in [6.45, 7) is 7.73. The molecule has 0 bridgehead atoms. The number of β-lactam (4-membered cyclic amide) rings is 1. The topological polar surface area (TPSA) is 169 Å². The molecule has 308 valence electrons. The van der Waals surface area contributed by atoms with Crippen molar-refractivity contribution in [2.45, 2.75) is 76.3 Å². The van der Waals surface area contributed by atoms with Gasteiger partial charge in [-0.05, 0) is 47.0 Å². The first-order valence-electron chi connectivity index (χ1n) is 19.6. The van der Waals surface area contributed by atoms with Crippen LogP contribution in [0.3, 0.4) is 0 Å². The lowest BCUT2D eigenvalue weighted by molar-refractivity contribution is -0.385. The van der Waals surface area contributed by atoms with Crippen molar-refractivity contribution in [1.82, 2.24) is 4.90 Å². The Balaban J connectivity index is 1.29. The molecule has 15 heteroatoms. The average Bonchev–Trinajstić information content (AvgIpc) is 3.63. The highest BCUT2D eigenvalue weighted by Crippen LogP contribution is 2.60. The maximum absolute atomic E-state index is 15.4. The summed E-state index contributed by atoms with van der Waals surface area (Å²) in [6.07, 6.45) is -1.56. The number of carbonyl (C=O) groups is 4. The monoisotopic (exact) mass is 820 g/mol. The molecule has 59 heavy (non-hydrogen) atoms. The maximum Gasteiger partial charge on any atom is 0.304 e. The highest BCUT2D eigenvalue weighted by Gasteiger charge is 2.67. The van der Waals surface area contributed by atoms with Gasteiger partial charge in [0.2, 0.25) is 11.8 Å². The molecule has 0 aromatic heterocycles. The quantitative estimate of drug-likeness (QED) is 0.0572. The van der Waals surface area contributed by atoms with Crippen LogP contribution in [0.15, 0.2) is 97.1 Å². The van der Waals surface area contributed by atoms with Crippen molar-refractivity contribution in [3.8, 4) is 5.75 Å². The minimum Gasteiger partial charge on any atom is -0.497 e. The van der Waals surface area contributed by atoms with Crippen LogP contribution in [0.4, 0.5) is 17.1 Å². The standard InChI is InChI=1S/C44H48N4O10Si/c1-28-42(59(4,5)35-17-15-34(56-3)16-18-35)38(24-39(51)45(20-21-49)26-30-10-7-6-8-11-30)58-44(28)36-23-33(48(54)55)14-19-37(36)46(43(44)53)27-31-12-9-13-32(22-31)47-40(52)25-41(47)57-29(2)50/h6-19,22-23,28,38,41-42,49H,20-21,24-27H2,1-5H3/t28-,38+,41?,42-,44+/m0/s1. The summed E-state index contributed by atoms with van der Waals surface area (Å²) in [4.78, 5) is 70.5. The fourth-order valence-corrected chi connectivity index (χ4v) is 13.3. The van der Waals surface area contributed by atoms with Crippen LogP contribution in [0.2, 0.25) is 18.6 Å². The van der Waals surface area contributed by atoms with Crippen LogP contribution in [0.5, 0.6) is 5.75 Å². The van der Waals surface area contributed by atoms with E-state index in [9.17, 15) is 29.6 Å². The van der Waals surface area contributed by atoms with Crippen LogP contribution in [-0.2, 0) is 47.3 Å². The summed E-state index contributed by atoms with van der Waals surface area (Å²) in [5.74, 6) is -1.27. The number of ether oxygens (including phenoxy) is 3. The van der Waals surface area contributed by atoms with Crippen LogP contribution in [0.25, 0.3) is 0 Å². The number of anilines is 2. The summed E-state index contributed by atoms with van der Waals surface area (Å²) in [6, 6.07) is 28.7. The molecule has 5 atom stereocenters. The first kappa shape index (κ1) is 41.3. The van der Waals surface area contributed by atoms with Gasteiger partial charge in [0, 0.05) is 49.3 Å². The summed E-state index contributed by atoms with van der Waals surface area (Å²) < 4.78 is 17.9. The van der Waals surface area contributed by atoms with Crippen LogP contribution in [0, 0.1) is 16.0 Å². The third kappa shape index (κ3) is 7.61. The predicted molar refractivity (Wildman–Crippen MR) is 222 cm³/mol. The fraction of sp³-hybridized carbons (Fsp3) is 0.364. The van der Waals surface area contributed by atoms with E-state index in [1.165, 1.54) is 24.0 Å². The molecule has 0 saturated carbocycles. The molecule has 4 aromatic rings. The van der Waals surface area contributed by atoms with Gasteiger partial charge in [0.05, 0.1) is 57.9 Å². The Hall–Kier alpha value is -5.90.